The number of hydrogen-bond donors (Lipinski definition) is 1. The van der Waals surface area contributed by atoms with Gasteiger partial charge in [0.25, 0.3) is 0 Å². The Morgan fingerprint density at radius 1 is 1.06 bits per heavy atom. The number of amides is 1. The molecule has 1 N–H and O–H groups in total. The molecule has 3 rings (SSSR count). The van der Waals surface area contributed by atoms with E-state index in [1.807, 2.05) is 18.2 Å². The van der Waals surface area contributed by atoms with Crippen LogP contribution in [-0.2, 0) is 21.2 Å². The van der Waals surface area contributed by atoms with Crippen molar-refractivity contribution in [2.75, 3.05) is 30.8 Å². The molecule has 0 aliphatic carbocycles. The first kappa shape index (κ1) is 22.6. The summed E-state index contributed by atoms with van der Waals surface area (Å²) >= 11 is 0. The summed E-state index contributed by atoms with van der Waals surface area (Å²) in [6, 6.07) is 21.1. The number of hydrogen-bond acceptors (Lipinski definition) is 4. The molecule has 3 aromatic rings. The third kappa shape index (κ3) is 5.98. The average Bonchev–Trinajstić information content (AvgIpc) is 2.75. The van der Waals surface area contributed by atoms with Crippen LogP contribution in [0.15, 0.2) is 66.7 Å². The van der Waals surface area contributed by atoms with Crippen LogP contribution in [0.3, 0.4) is 0 Å². The van der Waals surface area contributed by atoms with Crippen LogP contribution in [0.1, 0.15) is 12.5 Å². The fourth-order valence-electron chi connectivity index (χ4n) is 3.56. The van der Waals surface area contributed by atoms with Crippen molar-refractivity contribution in [3.63, 3.8) is 0 Å². The number of carbonyl (C=O) groups is 1. The molecule has 0 fully saturated rings. The van der Waals surface area contributed by atoms with Gasteiger partial charge < -0.3 is 10.1 Å². The van der Waals surface area contributed by atoms with E-state index in [2.05, 4.69) is 36.5 Å². The predicted octanol–water partition coefficient (Wildman–Crippen LogP) is 3.61. The van der Waals surface area contributed by atoms with E-state index in [1.54, 1.807) is 24.3 Å². The Morgan fingerprint density at radius 3 is 2.52 bits per heavy atom. The lowest BCUT2D eigenvalue weighted by Crippen LogP contribution is -2.41. The Balaban J connectivity index is 1.63. The molecule has 0 bridgehead atoms. The maximum atomic E-state index is 12.5. The first-order chi connectivity index (χ1) is 14.8. The lowest BCUT2D eigenvalue weighted by atomic mass is 9.96. The van der Waals surface area contributed by atoms with Gasteiger partial charge in [-0.25, -0.2) is 8.42 Å². The van der Waals surface area contributed by atoms with Crippen LogP contribution in [0.4, 0.5) is 5.69 Å². The van der Waals surface area contributed by atoms with Gasteiger partial charge in [0.05, 0.1) is 19.1 Å². The van der Waals surface area contributed by atoms with Gasteiger partial charge >= 0.3 is 0 Å². The summed E-state index contributed by atoms with van der Waals surface area (Å²) in [5.41, 5.74) is 1.62. The van der Waals surface area contributed by atoms with Gasteiger partial charge in [-0.1, -0.05) is 55.5 Å². The Labute approximate surface area is 183 Å². The van der Waals surface area contributed by atoms with E-state index in [1.165, 1.54) is 23.4 Å². The zero-order valence-electron chi connectivity index (χ0n) is 18.0. The maximum absolute atomic E-state index is 12.5. The number of nitrogens with zero attached hydrogens (tertiary/aromatic N) is 1. The minimum absolute atomic E-state index is 0.193. The first-order valence-corrected chi connectivity index (χ1v) is 12.0. The van der Waals surface area contributed by atoms with Crippen LogP contribution in [-0.4, -0.2) is 40.8 Å². The van der Waals surface area contributed by atoms with Crippen molar-refractivity contribution in [2.45, 2.75) is 13.3 Å². The second-order valence-corrected chi connectivity index (χ2v) is 9.63. The number of fused-ring (bicyclic) bond motifs is 1. The summed E-state index contributed by atoms with van der Waals surface area (Å²) in [5.74, 6) is 0.367. The van der Waals surface area contributed by atoms with Gasteiger partial charge in [0.15, 0.2) is 0 Å². The molecule has 0 aromatic heterocycles. The molecular formula is C24H28N2O4S. The lowest BCUT2D eigenvalue weighted by Gasteiger charge is -2.23. The summed E-state index contributed by atoms with van der Waals surface area (Å²) in [6.07, 6.45) is 1.90. The predicted molar refractivity (Wildman–Crippen MR) is 125 cm³/mol. The van der Waals surface area contributed by atoms with E-state index in [0.29, 0.717) is 18.0 Å². The van der Waals surface area contributed by atoms with Crippen LogP contribution in [0.25, 0.3) is 10.8 Å². The Hall–Kier alpha value is -3.06. The molecule has 0 heterocycles. The van der Waals surface area contributed by atoms with Crippen molar-refractivity contribution >= 4 is 32.4 Å². The molecular weight excluding hydrogens is 412 g/mol. The highest BCUT2D eigenvalue weighted by Gasteiger charge is 2.21. The SMILES string of the molecule is COc1cccc(N(CC(=O)NCC(C)Cc2cccc3ccccc23)S(C)(=O)=O)c1. The number of sulfonamides is 1. The highest BCUT2D eigenvalue weighted by molar-refractivity contribution is 7.92. The normalized spacial score (nSPS) is 12.4. The van der Waals surface area contributed by atoms with E-state index in [0.717, 1.165) is 17.0 Å². The molecule has 0 aliphatic rings. The molecule has 1 amide bonds. The number of methoxy groups -OCH3 is 1. The van der Waals surface area contributed by atoms with E-state index in [-0.39, 0.29) is 18.4 Å². The monoisotopic (exact) mass is 440 g/mol. The Kier molecular flexibility index (Phi) is 7.17. The fourth-order valence-corrected chi connectivity index (χ4v) is 4.41. The van der Waals surface area contributed by atoms with E-state index in [9.17, 15) is 13.2 Å². The van der Waals surface area contributed by atoms with Crippen molar-refractivity contribution in [3.05, 3.63) is 72.3 Å². The Morgan fingerprint density at radius 2 is 1.77 bits per heavy atom. The van der Waals surface area contributed by atoms with E-state index < -0.39 is 10.0 Å². The largest absolute Gasteiger partial charge is 0.497 e. The van der Waals surface area contributed by atoms with Gasteiger partial charge in [-0.2, -0.15) is 0 Å². The maximum Gasteiger partial charge on any atom is 0.240 e. The molecule has 3 aromatic carbocycles. The van der Waals surface area contributed by atoms with Gasteiger partial charge in [0.1, 0.15) is 12.3 Å². The quantitative estimate of drug-likeness (QED) is 0.552. The van der Waals surface area contributed by atoms with Crippen LogP contribution in [0.2, 0.25) is 0 Å². The second-order valence-electron chi connectivity index (χ2n) is 7.72. The van der Waals surface area contributed by atoms with Gasteiger partial charge in [0.2, 0.25) is 15.9 Å². The summed E-state index contributed by atoms with van der Waals surface area (Å²) in [5, 5.41) is 5.28. The van der Waals surface area contributed by atoms with Crippen LogP contribution >= 0.6 is 0 Å². The van der Waals surface area contributed by atoms with Crippen molar-refractivity contribution < 1.29 is 17.9 Å². The number of ether oxygens (including phenoxy) is 1. The molecule has 0 aliphatic heterocycles. The van der Waals surface area contributed by atoms with Crippen molar-refractivity contribution in [1.82, 2.24) is 5.32 Å². The molecule has 164 valence electrons. The highest BCUT2D eigenvalue weighted by atomic mass is 32.2. The Bertz CT molecular complexity index is 1160. The second kappa shape index (κ2) is 9.83. The van der Waals surface area contributed by atoms with Gasteiger partial charge in [-0.15, -0.1) is 0 Å². The number of carbonyl (C=O) groups excluding carboxylic acids is 1. The van der Waals surface area contributed by atoms with Gasteiger partial charge in [-0.05, 0) is 40.8 Å². The number of rotatable bonds is 9. The lowest BCUT2D eigenvalue weighted by molar-refractivity contribution is -0.119. The standard InChI is InChI=1S/C24H28N2O4S/c1-18(14-20-10-6-9-19-8-4-5-13-23(19)20)16-25-24(27)17-26(31(3,28)29)21-11-7-12-22(15-21)30-2/h4-13,15,18H,14,16-17H2,1-3H3,(H,25,27). The molecule has 31 heavy (non-hydrogen) atoms. The van der Waals surface area contributed by atoms with Crippen molar-refractivity contribution in [3.8, 4) is 5.75 Å². The molecule has 0 radical (unpaired) electrons. The zero-order chi connectivity index (χ0) is 22.4. The molecule has 1 unspecified atom stereocenters. The zero-order valence-corrected chi connectivity index (χ0v) is 18.9. The molecule has 0 spiro atoms. The number of nitrogens with one attached hydrogen (secondary N) is 1. The summed E-state index contributed by atoms with van der Waals surface area (Å²) < 4.78 is 30.8. The fraction of sp³-hybridized carbons (Fsp3) is 0.292. The van der Waals surface area contributed by atoms with Gasteiger partial charge in [0, 0.05) is 12.6 Å². The molecule has 7 heteroatoms. The van der Waals surface area contributed by atoms with Crippen molar-refractivity contribution in [2.24, 2.45) is 5.92 Å². The third-order valence-electron chi connectivity index (χ3n) is 5.12. The summed E-state index contributed by atoms with van der Waals surface area (Å²) in [7, 11) is -2.12. The minimum atomic E-state index is -3.63. The van der Waals surface area contributed by atoms with Crippen LogP contribution in [0.5, 0.6) is 5.75 Å². The topological polar surface area (TPSA) is 75.7 Å². The average molecular weight is 441 g/mol. The molecule has 1 atom stereocenters. The van der Waals surface area contributed by atoms with E-state index >= 15 is 0 Å². The molecule has 0 saturated carbocycles. The first-order valence-electron chi connectivity index (χ1n) is 10.1. The third-order valence-corrected chi connectivity index (χ3v) is 6.27. The highest BCUT2D eigenvalue weighted by Crippen LogP contribution is 2.23. The summed E-state index contributed by atoms with van der Waals surface area (Å²) in [6.45, 7) is 2.24. The smallest absolute Gasteiger partial charge is 0.240 e. The number of anilines is 1. The summed E-state index contributed by atoms with van der Waals surface area (Å²) in [4.78, 5) is 12.5. The number of benzene rings is 3. The van der Waals surface area contributed by atoms with Crippen LogP contribution in [0, 0.1) is 5.92 Å². The van der Waals surface area contributed by atoms with Crippen molar-refractivity contribution in [1.29, 1.82) is 0 Å². The van der Waals surface area contributed by atoms with Gasteiger partial charge in [-0.3, -0.25) is 9.10 Å². The van der Waals surface area contributed by atoms with Crippen LogP contribution < -0.4 is 14.4 Å². The molecule has 6 nitrogen and oxygen atoms in total. The minimum Gasteiger partial charge on any atom is -0.497 e. The molecule has 0 saturated heterocycles. The van der Waals surface area contributed by atoms with E-state index in [4.69, 9.17) is 4.74 Å².